The Morgan fingerprint density at radius 3 is 2.54 bits per heavy atom. The van der Waals surface area contributed by atoms with Crippen LogP contribution in [0.5, 0.6) is 17.2 Å². The number of aromatic nitrogens is 1. The van der Waals surface area contributed by atoms with Crippen LogP contribution in [0.2, 0.25) is 0 Å². The number of hydrogen-bond donors (Lipinski definition) is 1. The predicted molar refractivity (Wildman–Crippen MR) is 108 cm³/mol. The Bertz CT molecular complexity index is 1130. The van der Waals surface area contributed by atoms with Crippen molar-refractivity contribution in [1.29, 1.82) is 0 Å². The van der Waals surface area contributed by atoms with Crippen LogP contribution >= 0.6 is 0 Å². The molecule has 28 heavy (non-hydrogen) atoms. The number of benzene rings is 3. The van der Waals surface area contributed by atoms with Crippen molar-refractivity contribution in [2.24, 2.45) is 0 Å². The number of pyridine rings is 1. The number of anilines is 1. The minimum Gasteiger partial charge on any atom is -0.489 e. The molecule has 4 rings (SSSR count). The van der Waals surface area contributed by atoms with Crippen molar-refractivity contribution in [3.8, 4) is 17.2 Å². The van der Waals surface area contributed by atoms with Gasteiger partial charge in [-0.25, -0.2) is 4.39 Å². The van der Waals surface area contributed by atoms with Crippen molar-refractivity contribution in [1.82, 2.24) is 4.98 Å². The van der Waals surface area contributed by atoms with E-state index in [1.165, 1.54) is 12.1 Å². The van der Waals surface area contributed by atoms with Crippen LogP contribution in [-0.2, 0) is 6.61 Å². The lowest BCUT2D eigenvalue weighted by Gasteiger charge is -2.13. The molecule has 0 aliphatic carbocycles. The van der Waals surface area contributed by atoms with Gasteiger partial charge in [0, 0.05) is 29.4 Å². The fourth-order valence-corrected chi connectivity index (χ4v) is 2.95. The Balaban J connectivity index is 1.64. The third-order valence-corrected chi connectivity index (χ3v) is 4.41. The zero-order valence-corrected chi connectivity index (χ0v) is 15.4. The van der Waals surface area contributed by atoms with Gasteiger partial charge in [0.15, 0.2) is 11.6 Å². The molecular weight excluding hydrogens is 355 g/mol. The molecule has 0 atom stereocenters. The monoisotopic (exact) mass is 374 g/mol. The van der Waals surface area contributed by atoms with Crippen LogP contribution in [0.15, 0.2) is 72.9 Å². The van der Waals surface area contributed by atoms with E-state index in [0.29, 0.717) is 23.6 Å². The molecule has 0 aliphatic rings. The van der Waals surface area contributed by atoms with Crippen LogP contribution < -0.4 is 15.2 Å². The highest BCUT2D eigenvalue weighted by molar-refractivity contribution is 5.87. The number of hydrogen-bond acceptors (Lipinski definition) is 4. The van der Waals surface area contributed by atoms with E-state index < -0.39 is 5.82 Å². The lowest BCUT2D eigenvalue weighted by atomic mass is 10.1. The molecule has 0 saturated carbocycles. The van der Waals surface area contributed by atoms with Crippen molar-refractivity contribution >= 4 is 16.6 Å². The first-order valence-corrected chi connectivity index (χ1v) is 8.89. The molecule has 0 saturated heterocycles. The summed E-state index contributed by atoms with van der Waals surface area (Å²) in [4.78, 5) is 4.40. The number of nitrogen functional groups attached to an aromatic ring is 1. The summed E-state index contributed by atoms with van der Waals surface area (Å²) in [7, 11) is 0. The first-order chi connectivity index (χ1) is 13.6. The summed E-state index contributed by atoms with van der Waals surface area (Å²) in [5.74, 6) is 0.874. The van der Waals surface area contributed by atoms with Crippen molar-refractivity contribution in [3.05, 3.63) is 89.9 Å². The van der Waals surface area contributed by atoms with Gasteiger partial charge in [0.25, 0.3) is 0 Å². The van der Waals surface area contributed by atoms with E-state index in [4.69, 9.17) is 15.2 Å². The summed E-state index contributed by atoms with van der Waals surface area (Å²) in [5, 5.41) is 0.781. The quantitative estimate of drug-likeness (QED) is 0.460. The van der Waals surface area contributed by atoms with Crippen LogP contribution in [0.25, 0.3) is 10.9 Å². The second kappa shape index (κ2) is 7.56. The maximum absolute atomic E-state index is 14.1. The van der Waals surface area contributed by atoms with E-state index in [1.807, 2.05) is 49.4 Å². The number of nitrogens with zero attached hydrogens (tertiary/aromatic N) is 1. The molecule has 5 heteroatoms. The van der Waals surface area contributed by atoms with E-state index >= 15 is 0 Å². The molecule has 0 bridgehead atoms. The highest BCUT2D eigenvalue weighted by Gasteiger charge is 2.11. The molecule has 140 valence electrons. The molecule has 4 aromatic rings. The van der Waals surface area contributed by atoms with Gasteiger partial charge in [0.2, 0.25) is 0 Å². The van der Waals surface area contributed by atoms with Gasteiger partial charge in [0.05, 0.1) is 5.52 Å². The molecule has 0 unspecified atom stereocenters. The Labute approximate surface area is 162 Å². The van der Waals surface area contributed by atoms with Gasteiger partial charge < -0.3 is 15.2 Å². The first kappa shape index (κ1) is 17.8. The van der Waals surface area contributed by atoms with Crippen molar-refractivity contribution in [3.63, 3.8) is 0 Å². The standard InChI is InChI=1S/C23H19FN2O2/c1-15-11-18-20(13-23(15)27-14-16-5-3-2-4-6-16)26-10-9-21(18)28-22-8-7-17(25)12-19(22)24/h2-13H,14,25H2,1H3. The Morgan fingerprint density at radius 2 is 1.75 bits per heavy atom. The second-order valence-corrected chi connectivity index (χ2v) is 6.51. The van der Waals surface area contributed by atoms with Gasteiger partial charge in [-0.15, -0.1) is 0 Å². The Hall–Kier alpha value is -3.60. The van der Waals surface area contributed by atoms with Crippen LogP contribution in [0.1, 0.15) is 11.1 Å². The molecule has 2 N–H and O–H groups in total. The normalized spacial score (nSPS) is 10.8. The zero-order chi connectivity index (χ0) is 19.5. The maximum atomic E-state index is 14.1. The minimum absolute atomic E-state index is 0.115. The topological polar surface area (TPSA) is 57.4 Å². The van der Waals surface area contributed by atoms with Crippen LogP contribution in [0.3, 0.4) is 0 Å². The summed E-state index contributed by atoms with van der Waals surface area (Å²) in [6, 6.07) is 19.8. The van der Waals surface area contributed by atoms with Crippen LogP contribution in [-0.4, -0.2) is 4.98 Å². The molecule has 1 heterocycles. The minimum atomic E-state index is -0.510. The molecule has 3 aromatic carbocycles. The molecule has 0 aliphatic heterocycles. The smallest absolute Gasteiger partial charge is 0.167 e. The molecule has 0 spiro atoms. The number of rotatable bonds is 5. The number of aryl methyl sites for hydroxylation is 1. The summed E-state index contributed by atoms with van der Waals surface area (Å²) in [5.41, 5.74) is 8.69. The highest BCUT2D eigenvalue weighted by Crippen LogP contribution is 2.34. The third kappa shape index (κ3) is 3.74. The van der Waals surface area contributed by atoms with Gasteiger partial charge in [0.1, 0.15) is 18.1 Å². The van der Waals surface area contributed by atoms with Crippen LogP contribution in [0.4, 0.5) is 10.1 Å². The second-order valence-electron chi connectivity index (χ2n) is 6.51. The Kier molecular flexibility index (Phi) is 4.81. The fraction of sp³-hybridized carbons (Fsp3) is 0.0870. The Morgan fingerprint density at radius 1 is 0.929 bits per heavy atom. The van der Waals surface area contributed by atoms with Crippen molar-refractivity contribution < 1.29 is 13.9 Å². The van der Waals surface area contributed by atoms with Gasteiger partial charge in [-0.05, 0) is 42.3 Å². The molecule has 1 aromatic heterocycles. The lowest BCUT2D eigenvalue weighted by molar-refractivity contribution is 0.304. The summed E-state index contributed by atoms with van der Waals surface area (Å²) >= 11 is 0. The SMILES string of the molecule is Cc1cc2c(Oc3ccc(N)cc3F)ccnc2cc1OCc1ccccc1. The zero-order valence-electron chi connectivity index (χ0n) is 15.4. The van der Waals surface area contributed by atoms with Gasteiger partial charge in [-0.3, -0.25) is 4.98 Å². The molecule has 0 radical (unpaired) electrons. The van der Waals surface area contributed by atoms with E-state index in [9.17, 15) is 4.39 Å². The van der Waals surface area contributed by atoms with Crippen molar-refractivity contribution in [2.45, 2.75) is 13.5 Å². The number of ether oxygens (including phenoxy) is 2. The molecule has 0 fully saturated rings. The summed E-state index contributed by atoms with van der Waals surface area (Å²) < 4.78 is 25.9. The van der Waals surface area contributed by atoms with Gasteiger partial charge in [-0.2, -0.15) is 0 Å². The molecular formula is C23H19FN2O2. The third-order valence-electron chi connectivity index (χ3n) is 4.41. The van der Waals surface area contributed by atoms with E-state index in [1.54, 1.807) is 18.3 Å². The number of nitrogens with two attached hydrogens (primary N) is 1. The van der Waals surface area contributed by atoms with Crippen LogP contribution in [0, 0.1) is 12.7 Å². The van der Waals surface area contributed by atoms with Gasteiger partial charge >= 0.3 is 0 Å². The maximum Gasteiger partial charge on any atom is 0.167 e. The predicted octanol–water partition coefficient (Wildman–Crippen LogP) is 5.64. The molecule has 0 amide bonds. The van der Waals surface area contributed by atoms with Crippen molar-refractivity contribution in [2.75, 3.05) is 5.73 Å². The number of fused-ring (bicyclic) bond motifs is 1. The molecule has 4 nitrogen and oxygen atoms in total. The van der Waals surface area contributed by atoms with E-state index in [-0.39, 0.29) is 5.75 Å². The van der Waals surface area contributed by atoms with E-state index in [0.717, 1.165) is 22.3 Å². The lowest BCUT2D eigenvalue weighted by Crippen LogP contribution is -1.98. The highest BCUT2D eigenvalue weighted by atomic mass is 19.1. The fourth-order valence-electron chi connectivity index (χ4n) is 2.95. The largest absolute Gasteiger partial charge is 0.489 e. The average molecular weight is 374 g/mol. The van der Waals surface area contributed by atoms with E-state index in [2.05, 4.69) is 4.98 Å². The summed E-state index contributed by atoms with van der Waals surface area (Å²) in [6.07, 6.45) is 1.63. The summed E-state index contributed by atoms with van der Waals surface area (Å²) in [6.45, 7) is 2.43. The number of halogens is 1. The van der Waals surface area contributed by atoms with Gasteiger partial charge in [-0.1, -0.05) is 30.3 Å². The first-order valence-electron chi connectivity index (χ1n) is 8.89. The average Bonchev–Trinajstić information content (AvgIpc) is 2.70.